The van der Waals surface area contributed by atoms with Crippen molar-refractivity contribution in [3.8, 4) is 0 Å². The van der Waals surface area contributed by atoms with Crippen molar-refractivity contribution in [3.63, 3.8) is 0 Å². The fourth-order valence-corrected chi connectivity index (χ4v) is 6.51. The highest BCUT2D eigenvalue weighted by molar-refractivity contribution is 4.96. The Morgan fingerprint density at radius 3 is 1.18 bits per heavy atom. The average molecular weight is 715 g/mol. The van der Waals surface area contributed by atoms with Crippen molar-refractivity contribution in [2.75, 3.05) is 6.61 Å². The van der Waals surface area contributed by atoms with E-state index in [1.165, 1.54) is 27.2 Å². The topological polar surface area (TPSA) is 256 Å². The van der Waals surface area contributed by atoms with Crippen LogP contribution in [0.2, 0.25) is 0 Å². The third kappa shape index (κ3) is 9.66. The van der Waals surface area contributed by atoms with Gasteiger partial charge in [0.15, 0.2) is 25.2 Å². The lowest BCUT2D eigenvalue weighted by molar-refractivity contribution is -0.385. The zero-order valence-corrected chi connectivity index (χ0v) is 28.8. The number of rotatable bonds is 14. The summed E-state index contributed by atoms with van der Waals surface area (Å²) in [5, 5.41) is 96.8. The van der Waals surface area contributed by atoms with Crippen molar-refractivity contribution >= 4 is 0 Å². The molecular formula is C32H58O17. The van der Waals surface area contributed by atoms with Gasteiger partial charge in [0.2, 0.25) is 0 Å². The van der Waals surface area contributed by atoms with Crippen LogP contribution >= 0.6 is 0 Å². The van der Waals surface area contributed by atoms with E-state index in [0.29, 0.717) is 6.61 Å². The Hall–Kier alpha value is -0.680. The normalized spacial score (nSPS) is 49.6. The molecule has 288 valence electrons. The summed E-state index contributed by atoms with van der Waals surface area (Å²) in [5.74, 6) is 0. The molecule has 9 N–H and O–H groups in total. The van der Waals surface area contributed by atoms with E-state index in [1.807, 2.05) is 0 Å². The molecule has 0 unspecified atom stereocenters. The zero-order valence-electron chi connectivity index (χ0n) is 28.8. The molecule has 0 radical (unpaired) electrons. The van der Waals surface area contributed by atoms with Gasteiger partial charge in [0.1, 0.15) is 73.2 Å². The maximum atomic E-state index is 11.3. The van der Waals surface area contributed by atoms with Crippen molar-refractivity contribution in [2.45, 2.75) is 196 Å². The summed E-state index contributed by atoms with van der Waals surface area (Å²) < 4.78 is 45.8. The van der Waals surface area contributed by atoms with Gasteiger partial charge in [-0.05, 0) is 34.1 Å². The van der Waals surface area contributed by atoms with Crippen LogP contribution in [-0.4, -0.2) is 175 Å². The molecule has 0 amide bonds. The molecule has 0 aromatic rings. The molecule has 0 saturated carbocycles. The van der Waals surface area contributed by atoms with Crippen molar-refractivity contribution in [3.05, 3.63) is 0 Å². The van der Waals surface area contributed by atoms with Gasteiger partial charge in [-0.25, -0.2) is 0 Å². The SMILES string of the molecule is CCCCCCCCO[C@H]1O[C@@H](C)[C@@H](O)[C@@H](O[C@@H]2O[C@@H](C)[C@@H](O)[C@@H](O[C@@H]3O[C@@H](C)[C@@H](O)[C@@H](O[C@@H]4O[C@@H](C)[C@@H](O)[C@@H](O)[C@@H]4O)[C@@H]3O)[C@@H]2O)[C@@H]1O. The lowest BCUT2D eigenvalue weighted by Gasteiger charge is -2.48. The first-order valence-electron chi connectivity index (χ1n) is 17.5. The van der Waals surface area contributed by atoms with Crippen LogP contribution in [0.1, 0.15) is 73.1 Å². The quantitative estimate of drug-likeness (QED) is 0.0861. The zero-order chi connectivity index (χ0) is 36.2. The number of aliphatic hydroxyl groups is 9. The summed E-state index contributed by atoms with van der Waals surface area (Å²) >= 11 is 0. The Balaban J connectivity index is 1.40. The molecule has 20 atom stereocenters. The van der Waals surface area contributed by atoms with Gasteiger partial charge in [0, 0.05) is 6.61 Å². The first-order valence-corrected chi connectivity index (χ1v) is 17.5. The van der Waals surface area contributed by atoms with Gasteiger partial charge >= 0.3 is 0 Å². The van der Waals surface area contributed by atoms with Crippen LogP contribution in [0.4, 0.5) is 0 Å². The minimum absolute atomic E-state index is 0.319. The van der Waals surface area contributed by atoms with Crippen LogP contribution in [-0.2, 0) is 37.9 Å². The largest absolute Gasteiger partial charge is 0.388 e. The van der Waals surface area contributed by atoms with E-state index in [2.05, 4.69) is 6.92 Å². The molecular weight excluding hydrogens is 656 g/mol. The van der Waals surface area contributed by atoms with Gasteiger partial charge in [-0.3, -0.25) is 0 Å². The van der Waals surface area contributed by atoms with Gasteiger partial charge in [0.05, 0.1) is 24.4 Å². The second kappa shape index (κ2) is 18.4. The van der Waals surface area contributed by atoms with E-state index in [-0.39, 0.29) is 0 Å². The van der Waals surface area contributed by atoms with Gasteiger partial charge < -0.3 is 83.9 Å². The first-order chi connectivity index (χ1) is 23.2. The predicted octanol–water partition coefficient (Wildman–Crippen LogP) is -2.25. The van der Waals surface area contributed by atoms with E-state index in [4.69, 9.17) is 37.9 Å². The van der Waals surface area contributed by atoms with Crippen LogP contribution in [0.15, 0.2) is 0 Å². The summed E-state index contributed by atoms with van der Waals surface area (Å²) in [5.41, 5.74) is 0. The van der Waals surface area contributed by atoms with Crippen LogP contribution in [0, 0.1) is 0 Å². The monoisotopic (exact) mass is 714 g/mol. The Bertz CT molecular complexity index is 980. The first kappa shape index (κ1) is 41.1. The molecule has 4 rings (SSSR count). The summed E-state index contributed by atoms with van der Waals surface area (Å²) in [4.78, 5) is 0. The number of aliphatic hydroxyl groups excluding tert-OH is 9. The van der Waals surface area contributed by atoms with Crippen LogP contribution in [0.5, 0.6) is 0 Å². The minimum Gasteiger partial charge on any atom is -0.388 e. The number of ether oxygens (including phenoxy) is 8. The molecule has 17 nitrogen and oxygen atoms in total. The highest BCUT2D eigenvalue weighted by atomic mass is 16.8. The molecule has 0 bridgehead atoms. The van der Waals surface area contributed by atoms with Crippen LogP contribution < -0.4 is 0 Å². The van der Waals surface area contributed by atoms with E-state index >= 15 is 0 Å². The molecule has 4 fully saturated rings. The number of hydrogen-bond donors (Lipinski definition) is 9. The summed E-state index contributed by atoms with van der Waals surface area (Å²) in [6, 6.07) is 0. The molecule has 0 aromatic carbocycles. The number of hydrogen-bond acceptors (Lipinski definition) is 17. The lowest BCUT2D eigenvalue weighted by atomic mass is 9.96. The van der Waals surface area contributed by atoms with Crippen LogP contribution in [0.3, 0.4) is 0 Å². The lowest BCUT2D eigenvalue weighted by Crippen LogP contribution is -2.66. The van der Waals surface area contributed by atoms with E-state index in [0.717, 1.165) is 32.1 Å². The second-order valence-corrected chi connectivity index (χ2v) is 13.7. The van der Waals surface area contributed by atoms with Crippen molar-refractivity contribution in [2.24, 2.45) is 0 Å². The highest BCUT2D eigenvalue weighted by Gasteiger charge is 2.54. The maximum Gasteiger partial charge on any atom is 0.187 e. The Kier molecular flexibility index (Phi) is 15.4. The minimum atomic E-state index is -1.78. The van der Waals surface area contributed by atoms with E-state index in [1.54, 1.807) is 6.92 Å². The van der Waals surface area contributed by atoms with Crippen molar-refractivity contribution in [1.82, 2.24) is 0 Å². The molecule has 4 heterocycles. The fourth-order valence-electron chi connectivity index (χ4n) is 6.51. The van der Waals surface area contributed by atoms with E-state index < -0.39 is 123 Å². The number of unbranched alkanes of at least 4 members (excludes halogenated alkanes) is 5. The van der Waals surface area contributed by atoms with Crippen LogP contribution in [0.25, 0.3) is 0 Å². The third-order valence-electron chi connectivity index (χ3n) is 9.81. The highest BCUT2D eigenvalue weighted by Crippen LogP contribution is 2.34. The summed E-state index contributed by atoms with van der Waals surface area (Å²) in [7, 11) is 0. The molecule has 4 aliphatic heterocycles. The van der Waals surface area contributed by atoms with Gasteiger partial charge in [0.25, 0.3) is 0 Å². The fraction of sp³-hybridized carbons (Fsp3) is 1.00. The van der Waals surface area contributed by atoms with E-state index in [9.17, 15) is 46.0 Å². The van der Waals surface area contributed by atoms with Gasteiger partial charge in [-0.2, -0.15) is 0 Å². The standard InChI is InChI=1S/C32H58O17/c1-6-7-8-9-10-11-12-42-29-23(39)26(18(34)14(3)43-29)48-31-25(41)28(20(36)16(5)45-31)49-32-24(40)27(19(35)15(4)46-32)47-30-22(38)21(37)17(33)13(2)44-30/h13-41H,6-12H2,1-5H3/t13-,14-,15-,16-,17+,18+,19+,20+,21+,22-,23-,24-,25-,26+,27+,28+,29-,30-,31-,32-/m0/s1. The molecule has 17 heteroatoms. The summed E-state index contributed by atoms with van der Waals surface area (Å²) in [6.07, 6.45) is -21.8. The third-order valence-corrected chi connectivity index (χ3v) is 9.81. The maximum absolute atomic E-state index is 11.3. The molecule has 4 aliphatic rings. The molecule has 0 spiro atoms. The molecule has 0 aromatic heterocycles. The Labute approximate surface area is 286 Å². The van der Waals surface area contributed by atoms with Crippen molar-refractivity contribution < 1.29 is 83.9 Å². The Morgan fingerprint density at radius 2 is 0.735 bits per heavy atom. The molecule has 0 aliphatic carbocycles. The molecule has 49 heavy (non-hydrogen) atoms. The van der Waals surface area contributed by atoms with Gasteiger partial charge in [-0.1, -0.05) is 39.0 Å². The Morgan fingerprint density at radius 1 is 0.388 bits per heavy atom. The smallest absolute Gasteiger partial charge is 0.187 e. The summed E-state index contributed by atoms with van der Waals surface area (Å²) in [6.45, 7) is 8.42. The average Bonchev–Trinajstić information content (AvgIpc) is 3.07. The second-order valence-electron chi connectivity index (χ2n) is 13.7. The molecule has 4 saturated heterocycles. The van der Waals surface area contributed by atoms with Crippen molar-refractivity contribution in [1.29, 1.82) is 0 Å². The van der Waals surface area contributed by atoms with Gasteiger partial charge in [-0.15, -0.1) is 0 Å². The predicted molar refractivity (Wildman–Crippen MR) is 165 cm³/mol.